The van der Waals surface area contributed by atoms with Crippen molar-refractivity contribution in [3.63, 3.8) is 0 Å². The van der Waals surface area contributed by atoms with Crippen molar-refractivity contribution in [2.45, 2.75) is 51.4 Å². The summed E-state index contributed by atoms with van der Waals surface area (Å²) in [6.45, 7) is 7.54. The van der Waals surface area contributed by atoms with Gasteiger partial charge in [-0.2, -0.15) is 0 Å². The lowest BCUT2D eigenvalue weighted by Crippen LogP contribution is -2.49. The Morgan fingerprint density at radius 2 is 2.11 bits per heavy atom. The van der Waals surface area contributed by atoms with Crippen LogP contribution in [0.3, 0.4) is 0 Å². The fourth-order valence-corrected chi connectivity index (χ4v) is 5.00. The van der Waals surface area contributed by atoms with Crippen molar-refractivity contribution in [1.29, 1.82) is 0 Å². The predicted octanol–water partition coefficient (Wildman–Crippen LogP) is 3.19. The maximum absolute atomic E-state index is 12.4. The van der Waals surface area contributed by atoms with E-state index in [-0.39, 0.29) is 18.2 Å². The van der Waals surface area contributed by atoms with Crippen LogP contribution in [0.2, 0.25) is 0 Å². The van der Waals surface area contributed by atoms with Gasteiger partial charge in [-0.25, -0.2) is 14.6 Å². The quantitative estimate of drug-likeness (QED) is 0.868. The van der Waals surface area contributed by atoms with E-state index in [2.05, 4.69) is 9.88 Å². The van der Waals surface area contributed by atoms with Gasteiger partial charge in [0.25, 0.3) is 0 Å². The molecule has 0 spiro atoms. The highest BCUT2D eigenvalue weighted by atomic mass is 32.1. The van der Waals surface area contributed by atoms with Gasteiger partial charge in [-0.15, -0.1) is 11.3 Å². The van der Waals surface area contributed by atoms with Crippen LogP contribution in [0.15, 0.2) is 18.3 Å². The van der Waals surface area contributed by atoms with E-state index in [0.29, 0.717) is 18.0 Å². The normalized spacial score (nSPS) is 22.6. The highest BCUT2D eigenvalue weighted by Crippen LogP contribution is 2.36. The average molecular weight is 389 g/mol. The second-order valence-corrected chi connectivity index (χ2v) is 9.18. The number of carbonyl (C=O) groups is 2. The molecule has 4 heterocycles. The van der Waals surface area contributed by atoms with Crippen LogP contribution in [-0.2, 0) is 11.3 Å². The van der Waals surface area contributed by atoms with Crippen molar-refractivity contribution in [1.82, 2.24) is 14.8 Å². The lowest BCUT2D eigenvalue weighted by atomic mass is 10.1. The van der Waals surface area contributed by atoms with E-state index in [4.69, 9.17) is 4.74 Å². The summed E-state index contributed by atoms with van der Waals surface area (Å²) in [6.07, 6.45) is 2.33. The van der Waals surface area contributed by atoms with Crippen molar-refractivity contribution < 1.29 is 19.4 Å². The van der Waals surface area contributed by atoms with Crippen LogP contribution < -0.4 is 0 Å². The third kappa shape index (κ3) is 3.39. The number of rotatable bonds is 3. The number of fused-ring (bicyclic) bond motifs is 3. The topological polar surface area (TPSA) is 83.0 Å². The van der Waals surface area contributed by atoms with E-state index < -0.39 is 11.6 Å². The first-order chi connectivity index (χ1) is 12.7. The molecule has 1 amide bonds. The number of aromatic nitrogens is 1. The predicted molar refractivity (Wildman–Crippen MR) is 102 cm³/mol. The minimum absolute atomic E-state index is 0.126. The molecule has 2 atom stereocenters. The minimum Gasteiger partial charge on any atom is -0.477 e. The number of amides is 1. The van der Waals surface area contributed by atoms with Gasteiger partial charge >= 0.3 is 12.1 Å². The summed E-state index contributed by atoms with van der Waals surface area (Å²) in [5, 5.41) is 10.5. The van der Waals surface area contributed by atoms with Crippen LogP contribution in [0.4, 0.5) is 4.79 Å². The summed E-state index contributed by atoms with van der Waals surface area (Å²) in [7, 11) is 0. The Labute approximate surface area is 161 Å². The molecule has 0 aromatic carbocycles. The largest absolute Gasteiger partial charge is 0.477 e. The summed E-state index contributed by atoms with van der Waals surface area (Å²) in [6, 6.07) is 4.13. The van der Waals surface area contributed by atoms with Crippen LogP contribution in [-0.4, -0.2) is 62.7 Å². The second-order valence-electron chi connectivity index (χ2n) is 8.18. The number of hydrogen-bond acceptors (Lipinski definition) is 6. The van der Waals surface area contributed by atoms with E-state index in [9.17, 15) is 14.7 Å². The van der Waals surface area contributed by atoms with Crippen LogP contribution in [0.25, 0.3) is 10.2 Å². The number of carboxylic acids is 1. The van der Waals surface area contributed by atoms with E-state index in [1.54, 1.807) is 6.20 Å². The van der Waals surface area contributed by atoms with Gasteiger partial charge in [0.15, 0.2) is 0 Å². The third-order valence-corrected chi connectivity index (χ3v) is 6.25. The Kier molecular flexibility index (Phi) is 4.35. The number of carbonyl (C=O) groups excluding carboxylic acids is 1. The van der Waals surface area contributed by atoms with Crippen LogP contribution in [0.5, 0.6) is 0 Å². The van der Waals surface area contributed by atoms with Gasteiger partial charge < -0.3 is 14.7 Å². The molecular formula is C19H23N3O4S. The van der Waals surface area contributed by atoms with Crippen LogP contribution in [0, 0.1) is 0 Å². The van der Waals surface area contributed by atoms with Crippen molar-refractivity contribution in [2.75, 3.05) is 13.1 Å². The van der Waals surface area contributed by atoms with Crippen molar-refractivity contribution in [3.05, 3.63) is 28.8 Å². The molecule has 2 fully saturated rings. The molecule has 27 heavy (non-hydrogen) atoms. The molecule has 0 radical (unpaired) electrons. The first kappa shape index (κ1) is 18.2. The number of pyridine rings is 1. The number of aromatic carboxylic acids is 1. The van der Waals surface area contributed by atoms with Crippen LogP contribution in [0.1, 0.15) is 42.4 Å². The lowest BCUT2D eigenvalue weighted by molar-refractivity contribution is 0.0124. The zero-order valence-electron chi connectivity index (χ0n) is 15.6. The average Bonchev–Trinajstić information content (AvgIpc) is 3.26. The SMILES string of the molecule is CC(C)(C)OC(=O)N1C[C@@H]2C[C@H]1CN2Cc1c(C(=O)O)sc2ncccc12. The molecule has 2 saturated heterocycles. The second kappa shape index (κ2) is 6.45. The number of thiophene rings is 1. The summed E-state index contributed by atoms with van der Waals surface area (Å²) >= 11 is 1.23. The molecule has 2 aliphatic rings. The first-order valence-electron chi connectivity index (χ1n) is 9.06. The standard InChI is InChI=1S/C19H23N3O4S/c1-19(2,3)26-18(25)22-9-11-7-12(22)8-21(11)10-14-13-5-4-6-20-16(13)27-15(14)17(23)24/h4-6,11-12H,7-10H2,1-3H3,(H,23,24)/t11-,12-/m0/s1. The summed E-state index contributed by atoms with van der Waals surface area (Å²) in [4.78, 5) is 33.6. The summed E-state index contributed by atoms with van der Waals surface area (Å²) < 4.78 is 5.51. The zero-order chi connectivity index (χ0) is 19.3. The van der Waals surface area contributed by atoms with Gasteiger partial charge in [-0.1, -0.05) is 6.07 Å². The van der Waals surface area contributed by atoms with Gasteiger partial charge in [0.2, 0.25) is 0 Å². The molecule has 144 valence electrons. The van der Waals surface area contributed by atoms with Gasteiger partial charge in [-0.05, 0) is 33.3 Å². The maximum atomic E-state index is 12.4. The van der Waals surface area contributed by atoms with Gasteiger partial charge in [0.1, 0.15) is 15.3 Å². The Balaban J connectivity index is 1.51. The van der Waals surface area contributed by atoms with Gasteiger partial charge in [0.05, 0.1) is 0 Å². The molecule has 1 N–H and O–H groups in total. The Morgan fingerprint density at radius 1 is 1.33 bits per heavy atom. The van der Waals surface area contributed by atoms with E-state index >= 15 is 0 Å². The number of ether oxygens (including phenoxy) is 1. The smallest absolute Gasteiger partial charge is 0.410 e. The molecule has 0 saturated carbocycles. The van der Waals surface area contributed by atoms with Crippen molar-refractivity contribution in [3.8, 4) is 0 Å². The third-order valence-electron chi connectivity index (χ3n) is 5.11. The van der Waals surface area contributed by atoms with Gasteiger partial charge in [0, 0.05) is 48.9 Å². The van der Waals surface area contributed by atoms with E-state index in [0.717, 1.165) is 28.7 Å². The monoisotopic (exact) mass is 389 g/mol. The number of nitrogens with zero attached hydrogens (tertiary/aromatic N) is 3. The Hall–Kier alpha value is -2.19. The molecule has 2 aromatic rings. The molecule has 8 heteroatoms. The molecule has 2 aromatic heterocycles. The molecule has 2 aliphatic heterocycles. The zero-order valence-corrected chi connectivity index (χ0v) is 16.5. The van der Waals surface area contributed by atoms with Gasteiger partial charge in [-0.3, -0.25) is 4.90 Å². The number of piperazine rings is 1. The molecule has 0 unspecified atom stereocenters. The lowest BCUT2D eigenvalue weighted by Gasteiger charge is -2.35. The number of hydrogen-bond donors (Lipinski definition) is 1. The Bertz CT molecular complexity index is 904. The van der Waals surface area contributed by atoms with E-state index in [1.807, 2.05) is 37.8 Å². The number of likely N-dealkylation sites (tertiary alicyclic amines) is 2. The highest BCUT2D eigenvalue weighted by Gasteiger charge is 2.46. The minimum atomic E-state index is -0.910. The molecule has 7 nitrogen and oxygen atoms in total. The first-order valence-corrected chi connectivity index (χ1v) is 9.88. The molecular weight excluding hydrogens is 366 g/mol. The summed E-state index contributed by atoms with van der Waals surface area (Å²) in [5.41, 5.74) is 0.324. The van der Waals surface area contributed by atoms with Crippen LogP contribution >= 0.6 is 11.3 Å². The van der Waals surface area contributed by atoms with Crippen molar-refractivity contribution in [2.24, 2.45) is 0 Å². The van der Waals surface area contributed by atoms with E-state index in [1.165, 1.54) is 11.3 Å². The fraction of sp³-hybridized carbons (Fsp3) is 0.526. The fourth-order valence-electron chi connectivity index (χ4n) is 4.00. The molecule has 4 rings (SSSR count). The maximum Gasteiger partial charge on any atom is 0.410 e. The Morgan fingerprint density at radius 3 is 2.74 bits per heavy atom. The molecule has 0 aliphatic carbocycles. The summed E-state index contributed by atoms with van der Waals surface area (Å²) in [5.74, 6) is -0.910. The van der Waals surface area contributed by atoms with Crippen molar-refractivity contribution >= 4 is 33.6 Å². The molecule has 2 bridgehead atoms. The number of carboxylic acid groups (broad SMARTS) is 1. The highest BCUT2D eigenvalue weighted by molar-refractivity contribution is 7.20.